The largest absolute Gasteiger partial charge is 0.480 e. The van der Waals surface area contributed by atoms with Gasteiger partial charge in [-0.05, 0) is 18.9 Å². The van der Waals surface area contributed by atoms with Gasteiger partial charge in [0.15, 0.2) is 6.04 Å². The zero-order valence-electron chi connectivity index (χ0n) is 10.6. The van der Waals surface area contributed by atoms with Crippen LogP contribution < -0.4 is 4.72 Å². The molecule has 0 bridgehead atoms. The van der Waals surface area contributed by atoms with Gasteiger partial charge in [-0.2, -0.15) is 22.5 Å². The highest BCUT2D eigenvalue weighted by Crippen LogP contribution is 2.27. The van der Waals surface area contributed by atoms with E-state index in [9.17, 15) is 18.3 Å². The summed E-state index contributed by atoms with van der Waals surface area (Å²) in [5, 5.41) is 13.0. The van der Waals surface area contributed by atoms with Crippen molar-refractivity contribution in [1.82, 2.24) is 18.8 Å². The minimum atomic E-state index is -3.82. The number of aromatic nitrogens is 2. The maximum Gasteiger partial charge on any atom is 0.327 e. The number of hydrogen-bond acceptors (Lipinski definition) is 4. The molecular formula is C10H16N4O4S. The number of aliphatic carboxylic acids is 1. The van der Waals surface area contributed by atoms with Crippen molar-refractivity contribution in [3.05, 3.63) is 18.0 Å². The number of carboxylic acids is 1. The molecule has 1 heterocycles. The fourth-order valence-corrected chi connectivity index (χ4v) is 3.06. The second-order valence-corrected chi connectivity index (χ2v) is 6.28. The summed E-state index contributed by atoms with van der Waals surface area (Å²) >= 11 is 0. The van der Waals surface area contributed by atoms with Gasteiger partial charge in [0.1, 0.15) is 0 Å². The lowest BCUT2D eigenvalue weighted by Crippen LogP contribution is -2.44. The Morgan fingerprint density at radius 1 is 1.63 bits per heavy atom. The highest BCUT2D eigenvalue weighted by Gasteiger charge is 2.37. The number of rotatable bonds is 6. The minimum Gasteiger partial charge on any atom is -0.480 e. The Morgan fingerprint density at radius 3 is 2.68 bits per heavy atom. The number of nitrogens with zero attached hydrogens (tertiary/aromatic N) is 3. The zero-order valence-corrected chi connectivity index (χ0v) is 11.5. The third-order valence-electron chi connectivity index (χ3n) is 3.11. The monoisotopic (exact) mass is 288 g/mol. The average molecular weight is 288 g/mol. The van der Waals surface area contributed by atoms with Gasteiger partial charge in [0.2, 0.25) is 0 Å². The van der Waals surface area contributed by atoms with Gasteiger partial charge < -0.3 is 5.11 Å². The SMILES string of the molecule is CN(C1CC1)S(=O)(=O)NC(C(=O)O)c1ccnn1C. The lowest BCUT2D eigenvalue weighted by molar-refractivity contribution is -0.139. The van der Waals surface area contributed by atoms with Crippen LogP contribution in [0.3, 0.4) is 0 Å². The Morgan fingerprint density at radius 2 is 2.26 bits per heavy atom. The lowest BCUT2D eigenvalue weighted by atomic mass is 10.2. The molecule has 0 aliphatic heterocycles. The second kappa shape index (κ2) is 4.91. The van der Waals surface area contributed by atoms with E-state index in [1.807, 2.05) is 0 Å². The molecule has 19 heavy (non-hydrogen) atoms. The fourth-order valence-electron chi connectivity index (χ4n) is 1.77. The fraction of sp³-hybridized carbons (Fsp3) is 0.600. The molecule has 1 fully saturated rings. The third kappa shape index (κ3) is 2.94. The van der Waals surface area contributed by atoms with Crippen LogP contribution in [0.15, 0.2) is 12.3 Å². The van der Waals surface area contributed by atoms with E-state index < -0.39 is 22.2 Å². The summed E-state index contributed by atoms with van der Waals surface area (Å²) in [6.07, 6.45) is 3.03. The molecule has 0 aromatic carbocycles. The lowest BCUT2D eigenvalue weighted by Gasteiger charge is -2.20. The molecule has 2 rings (SSSR count). The van der Waals surface area contributed by atoms with Gasteiger partial charge in [-0.25, -0.2) is 0 Å². The molecule has 8 nitrogen and oxygen atoms in total. The normalized spacial score (nSPS) is 17.6. The summed E-state index contributed by atoms with van der Waals surface area (Å²) in [6.45, 7) is 0. The van der Waals surface area contributed by atoms with Crippen LogP contribution in [0.1, 0.15) is 24.6 Å². The summed E-state index contributed by atoms with van der Waals surface area (Å²) in [4.78, 5) is 11.2. The minimum absolute atomic E-state index is 0.0292. The molecule has 1 aromatic heterocycles. The highest BCUT2D eigenvalue weighted by atomic mass is 32.2. The van der Waals surface area contributed by atoms with Crippen LogP contribution in [0, 0.1) is 0 Å². The van der Waals surface area contributed by atoms with Crippen LogP contribution in [-0.4, -0.2) is 46.7 Å². The third-order valence-corrected chi connectivity index (χ3v) is 4.70. The Kier molecular flexibility index (Phi) is 3.61. The average Bonchev–Trinajstić information content (AvgIpc) is 3.08. The summed E-state index contributed by atoms with van der Waals surface area (Å²) in [5.74, 6) is -1.27. The van der Waals surface area contributed by atoms with Gasteiger partial charge in [0.05, 0.1) is 5.69 Å². The van der Waals surface area contributed by atoms with Gasteiger partial charge in [0, 0.05) is 26.3 Å². The molecule has 0 spiro atoms. The van der Waals surface area contributed by atoms with Crippen molar-refractivity contribution in [2.45, 2.75) is 24.9 Å². The number of hydrogen-bond donors (Lipinski definition) is 2. The second-order valence-electron chi connectivity index (χ2n) is 4.52. The van der Waals surface area contributed by atoms with Crippen LogP contribution in [0.5, 0.6) is 0 Å². The molecule has 1 aliphatic rings. The summed E-state index contributed by atoms with van der Waals surface area (Å²) in [6, 6.07) is 0.0931. The van der Waals surface area contributed by atoms with Gasteiger partial charge in [0.25, 0.3) is 10.2 Å². The molecule has 0 radical (unpaired) electrons. The van der Waals surface area contributed by atoms with Crippen molar-refractivity contribution in [3.63, 3.8) is 0 Å². The first-order valence-corrected chi connectivity index (χ1v) is 7.23. The van der Waals surface area contributed by atoms with Crippen molar-refractivity contribution in [3.8, 4) is 0 Å². The van der Waals surface area contributed by atoms with E-state index in [0.717, 1.165) is 12.8 Å². The van der Waals surface area contributed by atoms with Gasteiger partial charge in [-0.1, -0.05) is 0 Å². The molecule has 1 aromatic rings. The Labute approximate surface area is 111 Å². The van der Waals surface area contributed by atoms with Crippen LogP contribution in [0.25, 0.3) is 0 Å². The van der Waals surface area contributed by atoms with Crippen molar-refractivity contribution in [2.24, 2.45) is 7.05 Å². The number of aryl methyl sites for hydroxylation is 1. The molecule has 0 amide bonds. The molecule has 0 saturated heterocycles. The Balaban J connectivity index is 2.22. The van der Waals surface area contributed by atoms with E-state index in [0.29, 0.717) is 0 Å². The van der Waals surface area contributed by atoms with Gasteiger partial charge in [-0.3, -0.25) is 9.48 Å². The Hall–Kier alpha value is -1.45. The van der Waals surface area contributed by atoms with Crippen molar-refractivity contribution >= 4 is 16.2 Å². The predicted molar refractivity (Wildman–Crippen MR) is 66.4 cm³/mol. The van der Waals surface area contributed by atoms with Crippen molar-refractivity contribution in [1.29, 1.82) is 0 Å². The van der Waals surface area contributed by atoms with Gasteiger partial charge in [-0.15, -0.1) is 0 Å². The van der Waals surface area contributed by atoms with Crippen LogP contribution in [0.4, 0.5) is 0 Å². The molecule has 9 heteroatoms. The Bertz CT molecular complexity index is 578. The van der Waals surface area contributed by atoms with E-state index in [4.69, 9.17) is 0 Å². The highest BCUT2D eigenvalue weighted by molar-refractivity contribution is 7.87. The molecule has 1 aliphatic carbocycles. The molecule has 1 atom stereocenters. The summed E-state index contributed by atoms with van der Waals surface area (Å²) in [5.41, 5.74) is 0.278. The first kappa shape index (κ1) is 14.0. The molecule has 106 valence electrons. The molecular weight excluding hydrogens is 272 g/mol. The standard InChI is InChI=1S/C10H16N4O4S/c1-13-8(5-6-11-13)9(10(15)16)12-19(17,18)14(2)7-3-4-7/h5-7,9,12H,3-4H2,1-2H3,(H,15,16). The first-order chi connectivity index (χ1) is 8.83. The molecule has 1 saturated carbocycles. The number of carboxylic acid groups (broad SMARTS) is 1. The van der Waals surface area contributed by atoms with E-state index >= 15 is 0 Å². The number of carbonyl (C=O) groups is 1. The smallest absolute Gasteiger partial charge is 0.327 e. The van der Waals surface area contributed by atoms with Crippen LogP contribution in [0.2, 0.25) is 0 Å². The quantitative estimate of drug-likeness (QED) is 0.732. The van der Waals surface area contributed by atoms with Crippen LogP contribution >= 0.6 is 0 Å². The predicted octanol–water partition coefficient (Wildman–Crippen LogP) is -0.526. The van der Waals surface area contributed by atoms with E-state index in [-0.39, 0.29) is 11.7 Å². The van der Waals surface area contributed by atoms with Crippen LogP contribution in [-0.2, 0) is 22.1 Å². The maximum absolute atomic E-state index is 12.1. The number of nitrogens with one attached hydrogen (secondary N) is 1. The van der Waals surface area contributed by atoms with E-state index in [1.165, 1.54) is 28.3 Å². The zero-order chi connectivity index (χ0) is 14.2. The first-order valence-electron chi connectivity index (χ1n) is 5.79. The molecule has 1 unspecified atom stereocenters. The summed E-state index contributed by atoms with van der Waals surface area (Å²) < 4.78 is 28.8. The summed E-state index contributed by atoms with van der Waals surface area (Å²) in [7, 11) is -0.816. The van der Waals surface area contributed by atoms with Gasteiger partial charge >= 0.3 is 5.97 Å². The topological polar surface area (TPSA) is 105 Å². The maximum atomic E-state index is 12.1. The van der Waals surface area contributed by atoms with E-state index in [2.05, 4.69) is 9.82 Å². The van der Waals surface area contributed by atoms with E-state index in [1.54, 1.807) is 7.05 Å². The van der Waals surface area contributed by atoms with Crippen molar-refractivity contribution in [2.75, 3.05) is 7.05 Å². The molecule has 2 N–H and O–H groups in total. The van der Waals surface area contributed by atoms with Crippen molar-refractivity contribution < 1.29 is 18.3 Å².